The largest absolute Gasteiger partial charge is 0.481 e. The molecule has 1 N–H and O–H groups in total. The van der Waals surface area contributed by atoms with E-state index in [9.17, 15) is 19.1 Å². The van der Waals surface area contributed by atoms with Crippen LogP contribution in [0.2, 0.25) is 0 Å². The summed E-state index contributed by atoms with van der Waals surface area (Å²) in [6.45, 7) is 4.39. The number of aliphatic carboxylic acids is 1. The molecule has 0 bridgehead atoms. The van der Waals surface area contributed by atoms with Crippen LogP contribution in [0.5, 0.6) is 0 Å². The maximum Gasteiger partial charge on any atom is 0.305 e. The van der Waals surface area contributed by atoms with Crippen molar-refractivity contribution in [2.75, 3.05) is 4.90 Å². The number of anilines is 1. The molecule has 1 aliphatic heterocycles. The minimum Gasteiger partial charge on any atom is -0.481 e. The third-order valence-corrected chi connectivity index (χ3v) is 7.07. The highest BCUT2D eigenvalue weighted by Crippen LogP contribution is 2.42. The lowest BCUT2D eigenvalue weighted by Gasteiger charge is -2.33. The quantitative estimate of drug-likeness (QED) is 0.614. The van der Waals surface area contributed by atoms with Gasteiger partial charge in [-0.15, -0.1) is 23.1 Å². The second-order valence-corrected chi connectivity index (χ2v) is 9.59. The Morgan fingerprint density at radius 2 is 2.07 bits per heavy atom. The van der Waals surface area contributed by atoms with E-state index in [0.717, 1.165) is 20.8 Å². The van der Waals surface area contributed by atoms with E-state index in [2.05, 4.69) is 18.8 Å². The third-order valence-electron chi connectivity index (χ3n) is 4.80. The molecule has 1 atom stereocenters. The fourth-order valence-electron chi connectivity index (χ4n) is 3.30. The summed E-state index contributed by atoms with van der Waals surface area (Å²) in [6, 6.07) is 10.4. The molecule has 0 radical (unpaired) electrons. The number of thiazole rings is 1. The van der Waals surface area contributed by atoms with Crippen molar-refractivity contribution in [3.63, 3.8) is 0 Å². The molecule has 4 rings (SSSR count). The first-order valence-corrected chi connectivity index (χ1v) is 10.9. The number of aromatic nitrogens is 1. The molecular weight excluding hydrogens is 411 g/mol. The van der Waals surface area contributed by atoms with Crippen molar-refractivity contribution >= 4 is 50.9 Å². The molecular formula is C21H19FN2O3S2. The van der Waals surface area contributed by atoms with Gasteiger partial charge in [-0.05, 0) is 35.7 Å². The normalized spacial score (nSPS) is 16.5. The van der Waals surface area contributed by atoms with Crippen LogP contribution in [0.15, 0.2) is 41.3 Å². The fraction of sp³-hybridized carbons (Fsp3) is 0.286. The molecule has 1 unspecified atom stereocenters. The van der Waals surface area contributed by atoms with E-state index in [1.54, 1.807) is 11.0 Å². The van der Waals surface area contributed by atoms with Crippen molar-refractivity contribution < 1.29 is 19.1 Å². The van der Waals surface area contributed by atoms with E-state index >= 15 is 0 Å². The number of rotatable bonds is 5. The van der Waals surface area contributed by atoms with Gasteiger partial charge in [0.15, 0.2) is 0 Å². The summed E-state index contributed by atoms with van der Waals surface area (Å²) in [7, 11) is 0. The minimum absolute atomic E-state index is 0.227. The Balaban J connectivity index is 1.74. The van der Waals surface area contributed by atoms with Gasteiger partial charge in [0.05, 0.1) is 34.1 Å². The van der Waals surface area contributed by atoms with Crippen molar-refractivity contribution in [2.45, 2.75) is 42.9 Å². The monoisotopic (exact) mass is 430 g/mol. The van der Waals surface area contributed by atoms with Crippen molar-refractivity contribution in [1.82, 2.24) is 4.98 Å². The summed E-state index contributed by atoms with van der Waals surface area (Å²) >= 11 is 2.70. The minimum atomic E-state index is -1.01. The summed E-state index contributed by atoms with van der Waals surface area (Å²) in [4.78, 5) is 31.4. The highest BCUT2D eigenvalue weighted by molar-refractivity contribution is 8.01. The number of carboxylic acids is 1. The maximum atomic E-state index is 13.5. The molecule has 29 heavy (non-hydrogen) atoms. The number of thioether (sulfide) groups is 1. The topological polar surface area (TPSA) is 70.5 Å². The molecule has 0 aliphatic carbocycles. The highest BCUT2D eigenvalue weighted by Gasteiger charge is 2.35. The first-order chi connectivity index (χ1) is 13.8. The number of benzene rings is 2. The number of amides is 1. The molecule has 0 spiro atoms. The predicted molar refractivity (Wildman–Crippen MR) is 113 cm³/mol. The van der Waals surface area contributed by atoms with Gasteiger partial charge in [-0.2, -0.15) is 0 Å². The summed E-state index contributed by atoms with van der Waals surface area (Å²) in [5.41, 5.74) is 2.44. The van der Waals surface area contributed by atoms with Crippen LogP contribution in [0.3, 0.4) is 0 Å². The van der Waals surface area contributed by atoms with E-state index < -0.39 is 11.2 Å². The summed E-state index contributed by atoms with van der Waals surface area (Å²) < 4.78 is 14.3. The average molecular weight is 431 g/mol. The predicted octanol–water partition coefficient (Wildman–Crippen LogP) is 5.04. The van der Waals surface area contributed by atoms with Gasteiger partial charge in [0, 0.05) is 11.0 Å². The lowest BCUT2D eigenvalue weighted by atomic mass is 10.0. The Morgan fingerprint density at radius 3 is 2.79 bits per heavy atom. The van der Waals surface area contributed by atoms with Crippen LogP contribution >= 0.6 is 23.1 Å². The van der Waals surface area contributed by atoms with Crippen LogP contribution in [0.25, 0.3) is 10.2 Å². The number of carbonyl (C=O) groups excluding carboxylic acids is 1. The van der Waals surface area contributed by atoms with Crippen LogP contribution in [-0.4, -0.2) is 27.2 Å². The fourth-order valence-corrected chi connectivity index (χ4v) is 5.44. The van der Waals surface area contributed by atoms with Crippen LogP contribution < -0.4 is 4.90 Å². The molecule has 3 aromatic rings. The van der Waals surface area contributed by atoms with Crippen molar-refractivity contribution in [3.8, 4) is 0 Å². The molecule has 8 heteroatoms. The zero-order valence-corrected chi connectivity index (χ0v) is 17.5. The van der Waals surface area contributed by atoms with Crippen LogP contribution in [0.4, 0.5) is 10.1 Å². The van der Waals surface area contributed by atoms with Gasteiger partial charge in [0.1, 0.15) is 10.8 Å². The molecule has 2 heterocycles. The Hall–Kier alpha value is -2.45. The Bertz CT molecular complexity index is 1110. The molecule has 5 nitrogen and oxygen atoms in total. The molecule has 0 saturated heterocycles. The summed E-state index contributed by atoms with van der Waals surface area (Å²) in [5, 5.41) is 9.21. The molecule has 1 aromatic heterocycles. The maximum absolute atomic E-state index is 13.5. The second-order valence-electron chi connectivity index (χ2n) is 7.23. The highest BCUT2D eigenvalue weighted by atomic mass is 32.2. The lowest BCUT2D eigenvalue weighted by molar-refractivity contribution is -0.138. The Kier molecular flexibility index (Phi) is 5.31. The van der Waals surface area contributed by atoms with Crippen molar-refractivity contribution in [1.29, 1.82) is 0 Å². The van der Waals surface area contributed by atoms with Gasteiger partial charge < -0.3 is 10.0 Å². The van der Waals surface area contributed by atoms with E-state index in [1.165, 1.54) is 35.2 Å². The number of carbonyl (C=O) groups is 2. The number of fused-ring (bicyclic) bond motifs is 2. The second kappa shape index (κ2) is 7.76. The Labute approximate surface area is 175 Å². The van der Waals surface area contributed by atoms with Gasteiger partial charge in [-0.3, -0.25) is 9.59 Å². The van der Waals surface area contributed by atoms with E-state index in [-0.39, 0.29) is 24.7 Å². The van der Waals surface area contributed by atoms with Gasteiger partial charge >= 0.3 is 5.97 Å². The van der Waals surface area contributed by atoms with Gasteiger partial charge in [-0.25, -0.2) is 9.37 Å². The van der Waals surface area contributed by atoms with E-state index in [4.69, 9.17) is 0 Å². The van der Waals surface area contributed by atoms with Crippen molar-refractivity contribution in [2.24, 2.45) is 0 Å². The molecule has 2 aromatic carbocycles. The number of hydrogen-bond donors (Lipinski definition) is 1. The third kappa shape index (κ3) is 4.00. The van der Waals surface area contributed by atoms with E-state index in [1.807, 2.05) is 18.2 Å². The SMILES string of the molecule is CC(C)c1ccc2c(c1)N(Cc1nc3cc(F)ccc3s1)C(=O)C(CC(=O)O)S2. The number of nitrogens with zero attached hydrogens (tertiary/aromatic N) is 2. The molecule has 0 fully saturated rings. The van der Waals surface area contributed by atoms with Crippen LogP contribution in [0, 0.1) is 5.82 Å². The Morgan fingerprint density at radius 1 is 1.28 bits per heavy atom. The smallest absolute Gasteiger partial charge is 0.305 e. The van der Waals surface area contributed by atoms with Gasteiger partial charge in [0.2, 0.25) is 5.91 Å². The molecule has 1 aliphatic rings. The number of halogens is 1. The first-order valence-electron chi connectivity index (χ1n) is 9.20. The average Bonchev–Trinajstić information content (AvgIpc) is 3.05. The standard InChI is InChI=1S/C21H19FN2O3S2/c1-11(2)12-3-5-17-15(7-12)24(21(27)18(28-17)9-20(25)26)10-19-23-14-8-13(22)4-6-16(14)29-19/h3-8,11,18H,9-10H2,1-2H3,(H,25,26). The zero-order valence-electron chi connectivity index (χ0n) is 15.9. The van der Waals surface area contributed by atoms with Crippen molar-refractivity contribution in [3.05, 3.63) is 52.8 Å². The van der Waals surface area contributed by atoms with Gasteiger partial charge in [-0.1, -0.05) is 19.9 Å². The number of hydrogen-bond acceptors (Lipinski definition) is 5. The van der Waals surface area contributed by atoms with E-state index in [0.29, 0.717) is 16.4 Å². The lowest BCUT2D eigenvalue weighted by Crippen LogP contribution is -2.41. The molecule has 150 valence electrons. The van der Waals surface area contributed by atoms with Crippen LogP contribution in [0.1, 0.15) is 36.8 Å². The summed E-state index contributed by atoms with van der Waals surface area (Å²) in [5.74, 6) is -1.30. The first kappa shape index (κ1) is 19.8. The molecule has 1 amide bonds. The van der Waals surface area contributed by atoms with Gasteiger partial charge in [0.25, 0.3) is 0 Å². The van der Waals surface area contributed by atoms with Crippen LogP contribution in [-0.2, 0) is 16.1 Å². The summed E-state index contributed by atoms with van der Waals surface area (Å²) in [6.07, 6.45) is -0.240. The molecule has 0 saturated carbocycles. The zero-order chi connectivity index (χ0) is 20.7. The number of carboxylic acid groups (broad SMARTS) is 1.